The number of rotatable bonds is 4. The third-order valence-electron chi connectivity index (χ3n) is 3.78. The van der Waals surface area contributed by atoms with Crippen LogP contribution < -0.4 is 0 Å². The SMILES string of the molecule is CC(C)OCCN1CCN2CCCCC2C1. The number of piperazine rings is 1. The van der Waals surface area contributed by atoms with Gasteiger partial charge in [0.2, 0.25) is 0 Å². The van der Waals surface area contributed by atoms with Crippen LogP contribution in [0.2, 0.25) is 0 Å². The maximum atomic E-state index is 5.63. The summed E-state index contributed by atoms with van der Waals surface area (Å²) in [5.74, 6) is 0. The third kappa shape index (κ3) is 3.44. The zero-order valence-electron chi connectivity index (χ0n) is 10.8. The van der Waals surface area contributed by atoms with Crippen LogP contribution in [0, 0.1) is 0 Å². The Morgan fingerprint density at radius 2 is 2.06 bits per heavy atom. The lowest BCUT2D eigenvalue weighted by Gasteiger charge is -2.44. The first-order chi connectivity index (χ1) is 7.75. The molecule has 0 spiro atoms. The van der Waals surface area contributed by atoms with Crippen LogP contribution in [0.5, 0.6) is 0 Å². The van der Waals surface area contributed by atoms with E-state index < -0.39 is 0 Å². The summed E-state index contributed by atoms with van der Waals surface area (Å²) < 4.78 is 5.63. The van der Waals surface area contributed by atoms with Gasteiger partial charge in [0, 0.05) is 32.2 Å². The molecular weight excluding hydrogens is 200 g/mol. The van der Waals surface area contributed by atoms with Gasteiger partial charge in [0.05, 0.1) is 12.7 Å². The van der Waals surface area contributed by atoms with Crippen molar-refractivity contribution in [2.75, 3.05) is 39.3 Å². The van der Waals surface area contributed by atoms with Gasteiger partial charge in [0.1, 0.15) is 0 Å². The van der Waals surface area contributed by atoms with Crippen molar-refractivity contribution in [1.82, 2.24) is 9.80 Å². The van der Waals surface area contributed by atoms with Crippen LogP contribution >= 0.6 is 0 Å². The first kappa shape index (κ1) is 12.3. The van der Waals surface area contributed by atoms with E-state index in [-0.39, 0.29) is 0 Å². The van der Waals surface area contributed by atoms with Crippen LogP contribution in [0.25, 0.3) is 0 Å². The summed E-state index contributed by atoms with van der Waals surface area (Å²) in [6, 6.07) is 0.835. The van der Waals surface area contributed by atoms with E-state index >= 15 is 0 Å². The average Bonchev–Trinajstić information content (AvgIpc) is 2.28. The molecule has 0 bridgehead atoms. The van der Waals surface area contributed by atoms with Gasteiger partial charge in [0.15, 0.2) is 0 Å². The molecule has 0 aromatic heterocycles. The summed E-state index contributed by atoms with van der Waals surface area (Å²) >= 11 is 0. The lowest BCUT2D eigenvalue weighted by Crippen LogP contribution is -2.55. The van der Waals surface area contributed by atoms with Crippen molar-refractivity contribution in [3.63, 3.8) is 0 Å². The van der Waals surface area contributed by atoms with E-state index in [1.165, 1.54) is 45.4 Å². The van der Waals surface area contributed by atoms with Gasteiger partial charge in [-0.25, -0.2) is 0 Å². The zero-order chi connectivity index (χ0) is 11.4. The second-order valence-corrected chi connectivity index (χ2v) is 5.41. The van der Waals surface area contributed by atoms with Crippen molar-refractivity contribution >= 4 is 0 Å². The Bertz CT molecular complexity index is 208. The molecule has 94 valence electrons. The number of piperidine rings is 1. The molecule has 0 radical (unpaired) electrons. The van der Waals surface area contributed by atoms with Gasteiger partial charge in [-0.2, -0.15) is 0 Å². The molecule has 0 aromatic carbocycles. The Balaban J connectivity index is 1.68. The Morgan fingerprint density at radius 1 is 1.19 bits per heavy atom. The molecule has 3 nitrogen and oxygen atoms in total. The number of hydrogen-bond donors (Lipinski definition) is 0. The van der Waals surface area contributed by atoms with E-state index in [9.17, 15) is 0 Å². The van der Waals surface area contributed by atoms with Crippen LogP contribution in [0.3, 0.4) is 0 Å². The molecule has 16 heavy (non-hydrogen) atoms. The summed E-state index contributed by atoms with van der Waals surface area (Å²) in [6.45, 7) is 11.3. The van der Waals surface area contributed by atoms with Crippen LogP contribution in [0.4, 0.5) is 0 Å². The van der Waals surface area contributed by atoms with E-state index in [1.807, 2.05) is 0 Å². The minimum absolute atomic E-state index is 0.371. The second kappa shape index (κ2) is 5.99. The lowest BCUT2D eigenvalue weighted by atomic mass is 9.99. The zero-order valence-corrected chi connectivity index (χ0v) is 10.8. The largest absolute Gasteiger partial charge is 0.377 e. The average molecular weight is 226 g/mol. The number of fused-ring (bicyclic) bond motifs is 1. The van der Waals surface area contributed by atoms with Crippen LogP contribution in [-0.4, -0.2) is 61.3 Å². The van der Waals surface area contributed by atoms with Crippen molar-refractivity contribution in [3.8, 4) is 0 Å². The lowest BCUT2D eigenvalue weighted by molar-refractivity contribution is 0.0166. The van der Waals surface area contributed by atoms with Crippen molar-refractivity contribution in [2.45, 2.75) is 45.3 Å². The maximum Gasteiger partial charge on any atom is 0.0596 e. The Hall–Kier alpha value is -0.120. The highest BCUT2D eigenvalue weighted by Gasteiger charge is 2.28. The van der Waals surface area contributed by atoms with E-state index in [0.717, 1.165) is 19.2 Å². The summed E-state index contributed by atoms with van der Waals surface area (Å²) in [5.41, 5.74) is 0. The highest BCUT2D eigenvalue weighted by atomic mass is 16.5. The first-order valence-electron chi connectivity index (χ1n) is 6.83. The highest BCUT2D eigenvalue weighted by Crippen LogP contribution is 2.20. The molecule has 2 rings (SSSR count). The van der Waals surface area contributed by atoms with Crippen molar-refractivity contribution in [3.05, 3.63) is 0 Å². The van der Waals surface area contributed by atoms with Crippen molar-refractivity contribution in [2.24, 2.45) is 0 Å². The van der Waals surface area contributed by atoms with Crippen LogP contribution in [-0.2, 0) is 4.74 Å². The molecule has 0 aromatic rings. The van der Waals surface area contributed by atoms with Crippen LogP contribution in [0.1, 0.15) is 33.1 Å². The third-order valence-corrected chi connectivity index (χ3v) is 3.78. The molecule has 0 saturated carbocycles. The maximum absolute atomic E-state index is 5.63. The first-order valence-corrected chi connectivity index (χ1v) is 6.83. The molecule has 0 amide bonds. The van der Waals surface area contributed by atoms with E-state index in [2.05, 4.69) is 23.6 Å². The Labute approximate surface area is 99.7 Å². The van der Waals surface area contributed by atoms with E-state index in [1.54, 1.807) is 0 Å². The molecule has 2 heterocycles. The van der Waals surface area contributed by atoms with Gasteiger partial charge in [0.25, 0.3) is 0 Å². The predicted octanol–water partition coefficient (Wildman–Crippen LogP) is 1.58. The quantitative estimate of drug-likeness (QED) is 0.724. The molecule has 1 atom stereocenters. The number of hydrogen-bond acceptors (Lipinski definition) is 3. The Morgan fingerprint density at radius 3 is 2.88 bits per heavy atom. The summed E-state index contributed by atoms with van der Waals surface area (Å²) in [7, 11) is 0. The van der Waals surface area contributed by atoms with Gasteiger partial charge in [-0.1, -0.05) is 6.42 Å². The van der Waals surface area contributed by atoms with Gasteiger partial charge in [-0.3, -0.25) is 9.80 Å². The highest BCUT2D eigenvalue weighted by molar-refractivity contribution is 4.84. The fraction of sp³-hybridized carbons (Fsp3) is 1.00. The summed E-state index contributed by atoms with van der Waals surface area (Å²) in [4.78, 5) is 5.26. The van der Waals surface area contributed by atoms with Crippen molar-refractivity contribution in [1.29, 1.82) is 0 Å². The molecule has 2 aliphatic rings. The minimum Gasteiger partial charge on any atom is -0.377 e. The van der Waals surface area contributed by atoms with Crippen molar-refractivity contribution < 1.29 is 4.74 Å². The normalized spacial score (nSPS) is 28.3. The van der Waals surface area contributed by atoms with Gasteiger partial charge >= 0.3 is 0 Å². The summed E-state index contributed by atoms with van der Waals surface area (Å²) in [5, 5.41) is 0. The smallest absolute Gasteiger partial charge is 0.0596 e. The fourth-order valence-electron chi connectivity index (χ4n) is 2.84. The predicted molar refractivity (Wildman–Crippen MR) is 66.7 cm³/mol. The van der Waals surface area contributed by atoms with Gasteiger partial charge in [-0.05, 0) is 33.2 Å². The standard InChI is InChI=1S/C13H26N2O/c1-12(2)16-10-9-14-7-8-15-6-4-3-5-13(15)11-14/h12-13H,3-11H2,1-2H3. The molecule has 2 fully saturated rings. The van der Waals surface area contributed by atoms with Gasteiger partial charge < -0.3 is 4.74 Å². The molecule has 0 N–H and O–H groups in total. The molecule has 2 aliphatic heterocycles. The second-order valence-electron chi connectivity index (χ2n) is 5.41. The van der Waals surface area contributed by atoms with E-state index in [0.29, 0.717) is 6.10 Å². The summed E-state index contributed by atoms with van der Waals surface area (Å²) in [6.07, 6.45) is 4.61. The van der Waals surface area contributed by atoms with Gasteiger partial charge in [-0.15, -0.1) is 0 Å². The molecule has 3 heteroatoms. The van der Waals surface area contributed by atoms with Crippen LogP contribution in [0.15, 0.2) is 0 Å². The van der Waals surface area contributed by atoms with E-state index in [4.69, 9.17) is 4.74 Å². The minimum atomic E-state index is 0.371. The number of nitrogens with zero attached hydrogens (tertiary/aromatic N) is 2. The number of ether oxygens (including phenoxy) is 1. The molecular formula is C13H26N2O. The Kier molecular flexibility index (Phi) is 4.62. The molecule has 0 aliphatic carbocycles. The molecule has 2 saturated heterocycles. The molecule has 1 unspecified atom stereocenters. The monoisotopic (exact) mass is 226 g/mol. The topological polar surface area (TPSA) is 15.7 Å². The fourth-order valence-corrected chi connectivity index (χ4v) is 2.84.